The van der Waals surface area contributed by atoms with Crippen LogP contribution >= 0.6 is 11.6 Å². The first-order valence-electron chi connectivity index (χ1n) is 5.79. The van der Waals surface area contributed by atoms with Gasteiger partial charge in [0, 0.05) is 28.9 Å². The van der Waals surface area contributed by atoms with Gasteiger partial charge in [0.1, 0.15) is 6.07 Å². The van der Waals surface area contributed by atoms with E-state index < -0.39 is 20.8 Å². The quantitative estimate of drug-likeness (QED) is 0.856. The SMILES string of the molecule is CC(CCNS(=O)(=O)c1ccc(C#N)c(Cl)c1)S(C)=O. The number of rotatable bonds is 6. The maximum atomic E-state index is 12.0. The van der Waals surface area contributed by atoms with E-state index in [9.17, 15) is 12.6 Å². The molecule has 8 heteroatoms. The van der Waals surface area contributed by atoms with Crippen LogP contribution < -0.4 is 4.72 Å². The summed E-state index contributed by atoms with van der Waals surface area (Å²) in [6.07, 6.45) is 2.06. The Bertz CT molecular complexity index is 653. The average molecular weight is 335 g/mol. The van der Waals surface area contributed by atoms with E-state index in [1.54, 1.807) is 13.2 Å². The molecule has 0 heterocycles. The molecular weight excluding hydrogens is 320 g/mol. The topological polar surface area (TPSA) is 87.0 Å². The maximum Gasteiger partial charge on any atom is 0.240 e. The molecule has 1 rings (SSSR count). The van der Waals surface area contributed by atoms with E-state index in [1.807, 2.05) is 6.07 Å². The van der Waals surface area contributed by atoms with E-state index in [1.165, 1.54) is 18.2 Å². The van der Waals surface area contributed by atoms with Gasteiger partial charge in [-0.15, -0.1) is 0 Å². The Balaban J connectivity index is 2.77. The summed E-state index contributed by atoms with van der Waals surface area (Å²) in [6.45, 7) is 1.99. The second kappa shape index (κ2) is 7.18. The molecule has 0 saturated carbocycles. The fraction of sp³-hybridized carbons (Fsp3) is 0.417. The van der Waals surface area contributed by atoms with E-state index >= 15 is 0 Å². The molecular formula is C12H15ClN2O3S2. The van der Waals surface area contributed by atoms with Crippen molar-refractivity contribution in [1.29, 1.82) is 5.26 Å². The van der Waals surface area contributed by atoms with Crippen LogP contribution in [0.3, 0.4) is 0 Å². The van der Waals surface area contributed by atoms with Crippen molar-refractivity contribution in [3.63, 3.8) is 0 Å². The largest absolute Gasteiger partial charge is 0.260 e. The Morgan fingerprint density at radius 2 is 2.15 bits per heavy atom. The van der Waals surface area contributed by atoms with E-state index in [-0.39, 0.29) is 27.3 Å². The predicted octanol–water partition coefficient (Wildman–Crippen LogP) is 1.65. The van der Waals surface area contributed by atoms with E-state index in [0.29, 0.717) is 6.42 Å². The monoisotopic (exact) mass is 334 g/mol. The molecule has 0 saturated heterocycles. The first-order valence-corrected chi connectivity index (χ1v) is 9.27. The molecule has 0 aliphatic carbocycles. The first-order chi connectivity index (χ1) is 9.27. The van der Waals surface area contributed by atoms with Crippen molar-refractivity contribution >= 4 is 32.4 Å². The maximum absolute atomic E-state index is 12.0. The number of hydrogen-bond donors (Lipinski definition) is 1. The molecule has 1 aromatic rings. The summed E-state index contributed by atoms with van der Waals surface area (Å²) in [6, 6.07) is 5.79. The first kappa shape index (κ1) is 17.1. The molecule has 1 aromatic carbocycles. The number of nitrogens with zero attached hydrogens (tertiary/aromatic N) is 1. The Morgan fingerprint density at radius 3 is 2.65 bits per heavy atom. The average Bonchev–Trinajstić information content (AvgIpc) is 2.38. The molecule has 110 valence electrons. The van der Waals surface area contributed by atoms with Gasteiger partial charge in [-0.2, -0.15) is 5.26 Å². The second-order valence-corrected chi connectivity index (χ2v) is 8.23. The van der Waals surface area contributed by atoms with E-state index in [2.05, 4.69) is 4.72 Å². The molecule has 0 radical (unpaired) electrons. The summed E-state index contributed by atoms with van der Waals surface area (Å²) in [7, 11) is -4.66. The zero-order valence-corrected chi connectivity index (χ0v) is 13.5. The molecule has 0 bridgehead atoms. The highest BCUT2D eigenvalue weighted by Gasteiger charge is 2.16. The lowest BCUT2D eigenvalue weighted by Gasteiger charge is -2.10. The van der Waals surface area contributed by atoms with Crippen LogP contribution in [0.1, 0.15) is 18.9 Å². The minimum Gasteiger partial charge on any atom is -0.260 e. The van der Waals surface area contributed by atoms with E-state index in [4.69, 9.17) is 16.9 Å². The molecule has 0 aliphatic heterocycles. The predicted molar refractivity (Wildman–Crippen MR) is 79.5 cm³/mol. The third-order valence-corrected chi connectivity index (χ3v) is 5.92. The summed E-state index contributed by atoms with van der Waals surface area (Å²) in [5.41, 5.74) is 0.223. The highest BCUT2D eigenvalue weighted by atomic mass is 35.5. The molecule has 0 fully saturated rings. The molecule has 0 spiro atoms. The third-order valence-electron chi connectivity index (χ3n) is 2.78. The Labute approximate surface area is 126 Å². The number of sulfonamides is 1. The van der Waals surface area contributed by atoms with Crippen LogP contribution in [-0.4, -0.2) is 30.7 Å². The van der Waals surface area contributed by atoms with Crippen LogP contribution in [0.15, 0.2) is 23.1 Å². The van der Waals surface area contributed by atoms with Gasteiger partial charge in [0.05, 0.1) is 15.5 Å². The highest BCUT2D eigenvalue weighted by Crippen LogP contribution is 2.20. The van der Waals surface area contributed by atoms with Crippen molar-refractivity contribution in [2.24, 2.45) is 0 Å². The van der Waals surface area contributed by atoms with Crippen molar-refractivity contribution in [3.8, 4) is 6.07 Å². The van der Waals surface area contributed by atoms with Crippen LogP contribution in [-0.2, 0) is 20.8 Å². The van der Waals surface area contributed by atoms with Crippen LogP contribution in [0.25, 0.3) is 0 Å². The second-order valence-electron chi connectivity index (χ2n) is 4.25. The number of nitriles is 1. The van der Waals surface area contributed by atoms with Crippen molar-refractivity contribution < 1.29 is 12.6 Å². The number of nitrogens with one attached hydrogen (secondary N) is 1. The molecule has 0 amide bonds. The molecule has 2 atom stereocenters. The van der Waals surface area contributed by atoms with Crippen LogP contribution in [0, 0.1) is 11.3 Å². The molecule has 20 heavy (non-hydrogen) atoms. The van der Waals surface area contributed by atoms with Crippen molar-refractivity contribution in [3.05, 3.63) is 28.8 Å². The summed E-state index contributed by atoms with van der Waals surface area (Å²) in [5, 5.41) is 8.75. The highest BCUT2D eigenvalue weighted by molar-refractivity contribution is 7.89. The minimum absolute atomic E-state index is 0.00627. The Morgan fingerprint density at radius 1 is 1.50 bits per heavy atom. The normalized spacial score (nSPS) is 14.5. The summed E-state index contributed by atoms with van der Waals surface area (Å²) in [5.74, 6) is 0. The van der Waals surface area contributed by atoms with Gasteiger partial charge in [0.25, 0.3) is 0 Å². The van der Waals surface area contributed by atoms with Gasteiger partial charge >= 0.3 is 0 Å². The smallest absolute Gasteiger partial charge is 0.240 e. The fourth-order valence-electron chi connectivity index (χ4n) is 1.40. The van der Waals surface area contributed by atoms with Crippen LogP contribution in [0.5, 0.6) is 0 Å². The minimum atomic E-state index is -3.67. The third kappa shape index (κ3) is 4.56. The lowest BCUT2D eigenvalue weighted by molar-refractivity contribution is 0.578. The summed E-state index contributed by atoms with van der Waals surface area (Å²) < 4.78 is 37.6. The van der Waals surface area contributed by atoms with Gasteiger partial charge in [-0.25, -0.2) is 13.1 Å². The lowest BCUT2D eigenvalue weighted by atomic mass is 10.2. The lowest BCUT2D eigenvalue weighted by Crippen LogP contribution is -2.27. The number of hydrogen-bond acceptors (Lipinski definition) is 4. The molecule has 0 aromatic heterocycles. The van der Waals surface area contributed by atoms with Crippen LogP contribution in [0.4, 0.5) is 0 Å². The van der Waals surface area contributed by atoms with Gasteiger partial charge in [-0.3, -0.25) is 4.21 Å². The van der Waals surface area contributed by atoms with Gasteiger partial charge in [-0.05, 0) is 24.6 Å². The zero-order chi connectivity index (χ0) is 15.3. The van der Waals surface area contributed by atoms with Gasteiger partial charge < -0.3 is 0 Å². The summed E-state index contributed by atoms with van der Waals surface area (Å²) >= 11 is 5.81. The van der Waals surface area contributed by atoms with Crippen molar-refractivity contribution in [2.45, 2.75) is 23.5 Å². The number of halogens is 1. The molecule has 0 aliphatic rings. The number of benzene rings is 1. The zero-order valence-electron chi connectivity index (χ0n) is 11.1. The van der Waals surface area contributed by atoms with Gasteiger partial charge in [0.15, 0.2) is 0 Å². The molecule has 2 unspecified atom stereocenters. The molecule has 1 N–H and O–H groups in total. The summed E-state index contributed by atoms with van der Waals surface area (Å²) in [4.78, 5) is 0.00627. The molecule has 5 nitrogen and oxygen atoms in total. The van der Waals surface area contributed by atoms with Crippen molar-refractivity contribution in [1.82, 2.24) is 4.72 Å². The Kier molecular flexibility index (Phi) is 6.14. The van der Waals surface area contributed by atoms with Gasteiger partial charge in [0.2, 0.25) is 10.0 Å². The Hall–Kier alpha value is -0.940. The standard InChI is InChI=1S/C12H15ClN2O3S2/c1-9(19(2)16)5-6-15-20(17,18)11-4-3-10(8-14)12(13)7-11/h3-4,7,9,15H,5-6H2,1-2H3. The van der Waals surface area contributed by atoms with E-state index in [0.717, 1.165) is 0 Å². The van der Waals surface area contributed by atoms with Crippen LogP contribution in [0.2, 0.25) is 5.02 Å². The fourth-order valence-corrected chi connectivity index (χ4v) is 3.21. The van der Waals surface area contributed by atoms with Gasteiger partial charge in [-0.1, -0.05) is 18.5 Å². The van der Waals surface area contributed by atoms with Crippen molar-refractivity contribution in [2.75, 3.05) is 12.8 Å².